The molecule has 1 aromatic carbocycles. The van der Waals surface area contributed by atoms with E-state index in [1.807, 2.05) is 4.90 Å². The summed E-state index contributed by atoms with van der Waals surface area (Å²) in [5.74, 6) is 0.883. The molecule has 1 aromatic rings. The van der Waals surface area contributed by atoms with E-state index >= 15 is 0 Å². The molecule has 1 N–H and O–H groups in total. The van der Waals surface area contributed by atoms with Gasteiger partial charge in [-0.25, -0.2) is 4.79 Å². The highest BCUT2D eigenvalue weighted by Crippen LogP contribution is 2.21. The van der Waals surface area contributed by atoms with E-state index in [0.29, 0.717) is 17.4 Å². The third-order valence-corrected chi connectivity index (χ3v) is 3.97. The molecule has 1 heterocycles. The standard InChI is InChI=1S/C17H24N2O3/c1-12-8-13(2)11-19(10-12)16(20)9-18-15-6-4-14(5-7-15)17(21)22-3/h4-7,12-13,18H,8-11H2,1-3H3/t12-,13-/m0/s1. The Labute approximate surface area is 131 Å². The fraction of sp³-hybridized carbons (Fsp3) is 0.529. The predicted octanol–water partition coefficient (Wildman–Crippen LogP) is 2.39. The average molecular weight is 304 g/mol. The van der Waals surface area contributed by atoms with Crippen LogP contribution in [0.5, 0.6) is 0 Å². The van der Waals surface area contributed by atoms with Crippen molar-refractivity contribution in [2.24, 2.45) is 11.8 Å². The number of piperidine rings is 1. The summed E-state index contributed by atoms with van der Waals surface area (Å²) in [7, 11) is 1.35. The number of carbonyl (C=O) groups is 2. The van der Waals surface area contributed by atoms with Crippen molar-refractivity contribution >= 4 is 17.6 Å². The van der Waals surface area contributed by atoms with Crippen LogP contribution in [0, 0.1) is 11.8 Å². The highest BCUT2D eigenvalue weighted by Gasteiger charge is 2.24. The highest BCUT2D eigenvalue weighted by atomic mass is 16.5. The first-order valence-electron chi connectivity index (χ1n) is 7.69. The van der Waals surface area contributed by atoms with Crippen LogP contribution < -0.4 is 5.32 Å². The lowest BCUT2D eigenvalue weighted by atomic mass is 9.92. The van der Waals surface area contributed by atoms with Crippen LogP contribution in [0.1, 0.15) is 30.6 Å². The van der Waals surface area contributed by atoms with E-state index in [1.54, 1.807) is 24.3 Å². The van der Waals surface area contributed by atoms with E-state index in [4.69, 9.17) is 0 Å². The summed E-state index contributed by atoms with van der Waals surface area (Å²) in [6, 6.07) is 6.93. The van der Waals surface area contributed by atoms with Gasteiger partial charge in [0.15, 0.2) is 0 Å². The lowest BCUT2D eigenvalue weighted by molar-refractivity contribution is -0.131. The fourth-order valence-corrected chi connectivity index (χ4v) is 3.00. The quantitative estimate of drug-likeness (QED) is 0.868. The van der Waals surface area contributed by atoms with Gasteiger partial charge < -0.3 is 15.0 Å². The Morgan fingerprint density at radius 1 is 1.18 bits per heavy atom. The number of carbonyl (C=O) groups excluding carboxylic acids is 2. The Morgan fingerprint density at radius 3 is 2.32 bits per heavy atom. The van der Waals surface area contributed by atoms with Crippen molar-refractivity contribution in [3.05, 3.63) is 29.8 Å². The van der Waals surface area contributed by atoms with Crippen LogP contribution in [-0.2, 0) is 9.53 Å². The monoisotopic (exact) mass is 304 g/mol. The molecule has 1 saturated heterocycles. The van der Waals surface area contributed by atoms with Crippen LogP contribution in [0.15, 0.2) is 24.3 Å². The van der Waals surface area contributed by atoms with E-state index in [1.165, 1.54) is 13.5 Å². The molecule has 0 unspecified atom stereocenters. The molecule has 1 aliphatic heterocycles. The molecule has 0 saturated carbocycles. The molecule has 2 atom stereocenters. The largest absolute Gasteiger partial charge is 0.465 e. The van der Waals surface area contributed by atoms with Gasteiger partial charge in [-0.1, -0.05) is 13.8 Å². The van der Waals surface area contributed by atoms with E-state index in [9.17, 15) is 9.59 Å². The first-order valence-corrected chi connectivity index (χ1v) is 7.69. The maximum atomic E-state index is 12.3. The molecule has 5 heteroatoms. The van der Waals surface area contributed by atoms with Gasteiger partial charge in [-0.3, -0.25) is 4.79 Å². The van der Waals surface area contributed by atoms with Crippen LogP contribution in [0.2, 0.25) is 0 Å². The number of rotatable bonds is 4. The van der Waals surface area contributed by atoms with Crippen LogP contribution in [0.3, 0.4) is 0 Å². The number of nitrogens with one attached hydrogen (secondary N) is 1. The van der Waals surface area contributed by atoms with Gasteiger partial charge in [-0.05, 0) is 42.5 Å². The number of likely N-dealkylation sites (tertiary alicyclic amines) is 1. The number of hydrogen-bond donors (Lipinski definition) is 1. The molecular weight excluding hydrogens is 280 g/mol. The van der Waals surface area contributed by atoms with Crippen molar-refractivity contribution < 1.29 is 14.3 Å². The number of nitrogens with zero attached hydrogens (tertiary/aromatic N) is 1. The van der Waals surface area contributed by atoms with E-state index < -0.39 is 0 Å². The van der Waals surface area contributed by atoms with Crippen molar-refractivity contribution in [2.45, 2.75) is 20.3 Å². The molecule has 0 radical (unpaired) electrons. The second kappa shape index (κ2) is 7.29. The van der Waals surface area contributed by atoms with Gasteiger partial charge in [0.25, 0.3) is 0 Å². The zero-order chi connectivity index (χ0) is 16.1. The van der Waals surface area contributed by atoms with Gasteiger partial charge in [0.2, 0.25) is 5.91 Å². The number of ether oxygens (including phenoxy) is 1. The van der Waals surface area contributed by atoms with Crippen molar-refractivity contribution in [3.8, 4) is 0 Å². The van der Waals surface area contributed by atoms with E-state index in [2.05, 4.69) is 23.9 Å². The average Bonchev–Trinajstić information content (AvgIpc) is 2.51. The van der Waals surface area contributed by atoms with E-state index in [-0.39, 0.29) is 18.4 Å². The van der Waals surface area contributed by atoms with Crippen LogP contribution in [-0.4, -0.2) is 43.5 Å². The lowest BCUT2D eigenvalue weighted by Crippen LogP contribution is -2.44. The minimum atomic E-state index is -0.362. The zero-order valence-electron chi connectivity index (χ0n) is 13.5. The molecule has 120 valence electrons. The minimum Gasteiger partial charge on any atom is -0.465 e. The normalized spacial score (nSPS) is 21.3. The summed E-state index contributed by atoms with van der Waals surface area (Å²) in [4.78, 5) is 25.6. The Hall–Kier alpha value is -2.04. The van der Waals surface area contributed by atoms with Crippen molar-refractivity contribution in [1.29, 1.82) is 0 Å². The molecule has 0 aliphatic carbocycles. The third kappa shape index (κ3) is 4.23. The molecule has 1 aliphatic rings. The zero-order valence-corrected chi connectivity index (χ0v) is 13.5. The SMILES string of the molecule is COC(=O)c1ccc(NCC(=O)N2C[C@@H](C)C[C@H](C)C2)cc1. The number of benzene rings is 1. The molecule has 22 heavy (non-hydrogen) atoms. The lowest BCUT2D eigenvalue weighted by Gasteiger charge is -2.35. The maximum Gasteiger partial charge on any atom is 0.337 e. The van der Waals surface area contributed by atoms with Crippen LogP contribution >= 0.6 is 0 Å². The summed E-state index contributed by atoms with van der Waals surface area (Å²) in [6.45, 7) is 6.33. The van der Waals surface area contributed by atoms with Crippen molar-refractivity contribution in [3.63, 3.8) is 0 Å². The number of amides is 1. The van der Waals surface area contributed by atoms with Gasteiger partial charge in [0.1, 0.15) is 0 Å². The molecule has 0 aromatic heterocycles. The summed E-state index contributed by atoms with van der Waals surface area (Å²) in [6.07, 6.45) is 1.19. The summed E-state index contributed by atoms with van der Waals surface area (Å²) >= 11 is 0. The van der Waals surface area contributed by atoms with Crippen LogP contribution in [0.4, 0.5) is 5.69 Å². The predicted molar refractivity (Wildman–Crippen MR) is 85.8 cm³/mol. The number of esters is 1. The topological polar surface area (TPSA) is 58.6 Å². The Balaban J connectivity index is 1.87. The summed E-state index contributed by atoms with van der Waals surface area (Å²) in [5.41, 5.74) is 1.32. The molecule has 0 spiro atoms. The number of hydrogen-bond acceptors (Lipinski definition) is 4. The van der Waals surface area contributed by atoms with Gasteiger partial charge in [-0.2, -0.15) is 0 Å². The van der Waals surface area contributed by atoms with E-state index in [0.717, 1.165) is 18.8 Å². The first-order chi connectivity index (χ1) is 10.5. The van der Waals surface area contributed by atoms with Gasteiger partial charge in [-0.15, -0.1) is 0 Å². The molecule has 0 bridgehead atoms. The van der Waals surface area contributed by atoms with Crippen molar-refractivity contribution in [1.82, 2.24) is 4.90 Å². The Morgan fingerprint density at radius 2 is 1.77 bits per heavy atom. The fourth-order valence-electron chi connectivity index (χ4n) is 3.00. The maximum absolute atomic E-state index is 12.3. The second-order valence-electron chi connectivity index (χ2n) is 6.17. The molecule has 1 fully saturated rings. The molecule has 5 nitrogen and oxygen atoms in total. The first kappa shape index (κ1) is 16.3. The number of methoxy groups -OCH3 is 1. The smallest absolute Gasteiger partial charge is 0.337 e. The van der Waals surface area contributed by atoms with Gasteiger partial charge >= 0.3 is 5.97 Å². The molecular formula is C17H24N2O3. The van der Waals surface area contributed by atoms with Gasteiger partial charge in [0.05, 0.1) is 19.2 Å². The molecule has 1 amide bonds. The third-order valence-electron chi connectivity index (χ3n) is 3.97. The highest BCUT2D eigenvalue weighted by molar-refractivity contribution is 5.89. The van der Waals surface area contributed by atoms with Crippen molar-refractivity contribution in [2.75, 3.05) is 32.1 Å². The Kier molecular flexibility index (Phi) is 5.41. The summed E-state index contributed by atoms with van der Waals surface area (Å²) in [5, 5.41) is 3.11. The molecule has 2 rings (SSSR count). The van der Waals surface area contributed by atoms with Crippen LogP contribution in [0.25, 0.3) is 0 Å². The number of anilines is 1. The minimum absolute atomic E-state index is 0.121. The Bertz CT molecular complexity index is 517. The van der Waals surface area contributed by atoms with Gasteiger partial charge in [0, 0.05) is 18.8 Å². The second-order valence-corrected chi connectivity index (χ2v) is 6.17. The summed E-state index contributed by atoms with van der Waals surface area (Å²) < 4.78 is 4.65.